The maximum absolute atomic E-state index is 3.59. The Bertz CT molecular complexity index is 316. The summed E-state index contributed by atoms with van der Waals surface area (Å²) in [5, 5.41) is 9.35. The number of aryl methyl sites for hydroxylation is 1. The van der Waals surface area contributed by atoms with Crippen molar-refractivity contribution in [2.75, 3.05) is 19.6 Å². The monoisotopic (exact) mass is 252 g/mol. The molecule has 1 unspecified atom stereocenters. The van der Waals surface area contributed by atoms with Gasteiger partial charge in [-0.3, -0.25) is 0 Å². The van der Waals surface area contributed by atoms with E-state index < -0.39 is 0 Å². The Hall–Kier alpha value is -0.380. The van der Waals surface area contributed by atoms with Gasteiger partial charge in [0, 0.05) is 10.9 Å². The molecule has 0 amide bonds. The summed E-state index contributed by atoms with van der Waals surface area (Å²) in [7, 11) is 0. The third-order valence-corrected chi connectivity index (χ3v) is 4.66. The number of hydrogen-bond donors (Lipinski definition) is 2. The first kappa shape index (κ1) is 13.1. The molecule has 1 aliphatic rings. The summed E-state index contributed by atoms with van der Waals surface area (Å²) in [6.45, 7) is 5.70. The fourth-order valence-electron chi connectivity index (χ4n) is 2.43. The van der Waals surface area contributed by atoms with Crippen LogP contribution in [0.2, 0.25) is 0 Å². The first-order valence-corrected chi connectivity index (χ1v) is 7.71. The van der Waals surface area contributed by atoms with Gasteiger partial charge in [0.2, 0.25) is 0 Å². The van der Waals surface area contributed by atoms with E-state index in [1.807, 2.05) is 11.3 Å². The minimum Gasteiger partial charge on any atom is -0.316 e. The van der Waals surface area contributed by atoms with Crippen molar-refractivity contribution in [2.45, 2.75) is 45.1 Å². The van der Waals surface area contributed by atoms with Crippen molar-refractivity contribution in [3.63, 3.8) is 0 Å². The van der Waals surface area contributed by atoms with Gasteiger partial charge >= 0.3 is 0 Å². The van der Waals surface area contributed by atoms with Gasteiger partial charge in [0.05, 0.1) is 0 Å². The predicted molar refractivity (Wildman–Crippen MR) is 75.9 cm³/mol. The predicted octanol–water partition coefficient (Wildman–Crippen LogP) is 2.72. The van der Waals surface area contributed by atoms with Gasteiger partial charge in [0.25, 0.3) is 0 Å². The highest BCUT2D eigenvalue weighted by atomic mass is 32.1. The summed E-state index contributed by atoms with van der Waals surface area (Å²) in [6.07, 6.45) is 6.60. The van der Waals surface area contributed by atoms with Crippen LogP contribution in [0.15, 0.2) is 11.4 Å². The van der Waals surface area contributed by atoms with Crippen LogP contribution in [-0.2, 0) is 6.42 Å². The number of nitrogens with one attached hydrogen (secondary N) is 2. The Kier molecular flexibility index (Phi) is 5.49. The highest BCUT2D eigenvalue weighted by molar-refractivity contribution is 7.10. The van der Waals surface area contributed by atoms with Crippen molar-refractivity contribution in [1.82, 2.24) is 10.6 Å². The average molecular weight is 252 g/mol. The summed E-state index contributed by atoms with van der Waals surface area (Å²) >= 11 is 1.88. The zero-order valence-corrected chi connectivity index (χ0v) is 11.6. The average Bonchev–Trinajstić information content (AvgIpc) is 2.76. The highest BCUT2D eigenvalue weighted by Gasteiger charge is 2.11. The normalized spacial score (nSPS) is 20.6. The second-order valence-electron chi connectivity index (χ2n) is 4.96. The lowest BCUT2D eigenvalue weighted by Crippen LogP contribution is -2.36. The lowest BCUT2D eigenvalue weighted by molar-refractivity contribution is 0.377. The van der Waals surface area contributed by atoms with Crippen molar-refractivity contribution in [2.24, 2.45) is 0 Å². The van der Waals surface area contributed by atoms with Gasteiger partial charge in [-0.15, -0.1) is 11.3 Å². The third kappa shape index (κ3) is 4.41. The van der Waals surface area contributed by atoms with Gasteiger partial charge in [-0.25, -0.2) is 0 Å². The Morgan fingerprint density at radius 3 is 3.06 bits per heavy atom. The summed E-state index contributed by atoms with van der Waals surface area (Å²) < 4.78 is 0. The molecule has 1 aromatic rings. The van der Waals surface area contributed by atoms with Gasteiger partial charge in [-0.05, 0) is 69.3 Å². The van der Waals surface area contributed by atoms with E-state index in [9.17, 15) is 0 Å². The van der Waals surface area contributed by atoms with Crippen LogP contribution in [0.5, 0.6) is 0 Å². The van der Waals surface area contributed by atoms with Crippen molar-refractivity contribution in [3.05, 3.63) is 21.9 Å². The molecule has 1 aliphatic heterocycles. The topological polar surface area (TPSA) is 24.1 Å². The molecular weight excluding hydrogens is 228 g/mol. The number of thiophene rings is 1. The second-order valence-corrected chi connectivity index (χ2v) is 5.96. The fourth-order valence-corrected chi connectivity index (χ4v) is 3.34. The molecule has 1 atom stereocenters. The molecule has 1 saturated heterocycles. The molecule has 0 aliphatic carbocycles. The Labute approximate surface area is 109 Å². The molecule has 0 bridgehead atoms. The molecule has 2 rings (SSSR count). The SMILES string of the molecule is Cc1ccsc1CCNCCC1CCCCN1. The van der Waals surface area contributed by atoms with Crippen LogP contribution in [-0.4, -0.2) is 25.7 Å². The van der Waals surface area contributed by atoms with Crippen LogP contribution in [0.25, 0.3) is 0 Å². The molecule has 0 spiro atoms. The molecule has 0 radical (unpaired) electrons. The first-order chi connectivity index (χ1) is 8.36. The first-order valence-electron chi connectivity index (χ1n) is 6.83. The smallest absolute Gasteiger partial charge is 0.00870 e. The molecule has 2 N–H and O–H groups in total. The van der Waals surface area contributed by atoms with E-state index in [1.54, 1.807) is 0 Å². The zero-order chi connectivity index (χ0) is 11.9. The standard InChI is InChI=1S/C14H24N2S/c1-12-7-11-17-14(12)6-10-15-9-5-13-4-2-3-8-16-13/h7,11,13,15-16H,2-6,8-10H2,1H3. The van der Waals surface area contributed by atoms with Crippen molar-refractivity contribution < 1.29 is 0 Å². The minimum absolute atomic E-state index is 0.764. The quantitative estimate of drug-likeness (QED) is 0.761. The molecule has 0 saturated carbocycles. The second kappa shape index (κ2) is 7.14. The largest absolute Gasteiger partial charge is 0.316 e. The molecule has 3 heteroatoms. The van der Waals surface area contributed by atoms with E-state index in [0.29, 0.717) is 0 Å². The van der Waals surface area contributed by atoms with E-state index in [2.05, 4.69) is 29.0 Å². The van der Waals surface area contributed by atoms with E-state index >= 15 is 0 Å². The molecule has 17 heavy (non-hydrogen) atoms. The summed E-state index contributed by atoms with van der Waals surface area (Å²) in [5.41, 5.74) is 1.45. The van der Waals surface area contributed by atoms with Gasteiger partial charge in [0.1, 0.15) is 0 Å². The van der Waals surface area contributed by atoms with Crippen LogP contribution in [0, 0.1) is 6.92 Å². The van der Waals surface area contributed by atoms with E-state index in [4.69, 9.17) is 0 Å². The van der Waals surface area contributed by atoms with Gasteiger partial charge in [0.15, 0.2) is 0 Å². The van der Waals surface area contributed by atoms with Crippen LogP contribution in [0.4, 0.5) is 0 Å². The third-order valence-electron chi connectivity index (χ3n) is 3.58. The molecule has 96 valence electrons. The molecule has 2 nitrogen and oxygen atoms in total. The molecule has 1 aromatic heterocycles. The van der Waals surface area contributed by atoms with Crippen molar-refractivity contribution >= 4 is 11.3 Å². The molecule has 1 fully saturated rings. The molecular formula is C14H24N2S. The Balaban J connectivity index is 1.53. The van der Waals surface area contributed by atoms with Crippen LogP contribution in [0.1, 0.15) is 36.1 Å². The highest BCUT2D eigenvalue weighted by Crippen LogP contribution is 2.15. The van der Waals surface area contributed by atoms with Crippen LogP contribution < -0.4 is 10.6 Å². The summed E-state index contributed by atoms with van der Waals surface area (Å²) in [5.74, 6) is 0. The lowest BCUT2D eigenvalue weighted by Gasteiger charge is -2.23. The van der Waals surface area contributed by atoms with E-state index in [-0.39, 0.29) is 0 Å². The van der Waals surface area contributed by atoms with Crippen molar-refractivity contribution in [1.29, 1.82) is 0 Å². The fraction of sp³-hybridized carbons (Fsp3) is 0.714. The van der Waals surface area contributed by atoms with E-state index in [0.717, 1.165) is 19.1 Å². The van der Waals surface area contributed by atoms with Gasteiger partial charge in [-0.2, -0.15) is 0 Å². The number of hydrogen-bond acceptors (Lipinski definition) is 3. The van der Waals surface area contributed by atoms with E-state index in [1.165, 1.54) is 49.1 Å². The maximum Gasteiger partial charge on any atom is 0.00870 e. The van der Waals surface area contributed by atoms with Crippen LogP contribution >= 0.6 is 11.3 Å². The molecule has 2 heterocycles. The number of piperidine rings is 1. The van der Waals surface area contributed by atoms with Crippen LogP contribution in [0.3, 0.4) is 0 Å². The van der Waals surface area contributed by atoms with Gasteiger partial charge < -0.3 is 10.6 Å². The summed E-state index contributed by atoms with van der Waals surface area (Å²) in [4.78, 5) is 1.54. The summed E-state index contributed by atoms with van der Waals surface area (Å²) in [6, 6.07) is 2.98. The molecule has 0 aromatic carbocycles. The maximum atomic E-state index is 3.59. The van der Waals surface area contributed by atoms with Gasteiger partial charge in [-0.1, -0.05) is 6.42 Å². The zero-order valence-electron chi connectivity index (χ0n) is 10.8. The lowest BCUT2D eigenvalue weighted by atomic mass is 10.0. The Morgan fingerprint density at radius 2 is 2.35 bits per heavy atom. The number of rotatable bonds is 6. The minimum atomic E-state index is 0.764. The Morgan fingerprint density at radius 1 is 1.41 bits per heavy atom. The van der Waals surface area contributed by atoms with Crippen molar-refractivity contribution in [3.8, 4) is 0 Å².